The number of rotatable bonds is 6. The molecule has 0 saturated carbocycles. The van der Waals surface area contributed by atoms with Crippen LogP contribution in [0.25, 0.3) is 5.57 Å². The second kappa shape index (κ2) is 8.74. The number of unbranched alkanes of at least 4 members (excludes halogenated alkanes) is 2. The Hall–Kier alpha value is -1.61. The highest BCUT2D eigenvalue weighted by Gasteiger charge is 2.14. The largest absolute Gasteiger partial charge is 0.378 e. The standard InChI is InChI=1S/C19H27NO2/c1-3-4-5-6-17-7-9-18(10-8-17)16(2)15-19(21)20-11-13-22-14-12-20/h7-10,15H,3-6,11-14H2,1-2H3/b16-15+. The van der Waals surface area contributed by atoms with E-state index < -0.39 is 0 Å². The zero-order valence-corrected chi connectivity index (χ0v) is 13.8. The number of hydrogen-bond acceptors (Lipinski definition) is 2. The summed E-state index contributed by atoms with van der Waals surface area (Å²) < 4.78 is 5.28. The van der Waals surface area contributed by atoms with Gasteiger partial charge >= 0.3 is 0 Å². The number of benzene rings is 1. The van der Waals surface area contributed by atoms with Crippen molar-refractivity contribution in [3.63, 3.8) is 0 Å². The zero-order valence-electron chi connectivity index (χ0n) is 13.8. The number of hydrogen-bond donors (Lipinski definition) is 0. The van der Waals surface area contributed by atoms with Crippen molar-refractivity contribution in [3.05, 3.63) is 41.5 Å². The molecule has 0 spiro atoms. The fourth-order valence-electron chi connectivity index (χ4n) is 2.66. The lowest BCUT2D eigenvalue weighted by molar-refractivity contribution is -0.129. The molecule has 0 bridgehead atoms. The molecule has 3 nitrogen and oxygen atoms in total. The highest BCUT2D eigenvalue weighted by Crippen LogP contribution is 2.16. The lowest BCUT2D eigenvalue weighted by Crippen LogP contribution is -2.39. The minimum absolute atomic E-state index is 0.0906. The van der Waals surface area contributed by atoms with Crippen molar-refractivity contribution in [2.45, 2.75) is 39.5 Å². The fraction of sp³-hybridized carbons (Fsp3) is 0.526. The third-order valence-electron chi connectivity index (χ3n) is 4.14. The molecule has 120 valence electrons. The summed E-state index contributed by atoms with van der Waals surface area (Å²) in [5.74, 6) is 0.0906. The third-order valence-corrected chi connectivity index (χ3v) is 4.14. The van der Waals surface area contributed by atoms with Gasteiger partial charge in [0.2, 0.25) is 5.91 Å². The normalized spacial score (nSPS) is 15.9. The topological polar surface area (TPSA) is 29.5 Å². The van der Waals surface area contributed by atoms with Crippen LogP contribution >= 0.6 is 0 Å². The number of nitrogens with zero attached hydrogens (tertiary/aromatic N) is 1. The van der Waals surface area contributed by atoms with Crippen LogP contribution in [0, 0.1) is 0 Å². The van der Waals surface area contributed by atoms with Crippen molar-refractivity contribution >= 4 is 11.5 Å². The first kappa shape index (κ1) is 16.8. The summed E-state index contributed by atoms with van der Waals surface area (Å²) >= 11 is 0. The number of carbonyl (C=O) groups is 1. The molecule has 0 aromatic heterocycles. The Balaban J connectivity index is 1.94. The van der Waals surface area contributed by atoms with Crippen LogP contribution in [0.2, 0.25) is 0 Å². The molecule has 1 aliphatic rings. The molecule has 1 heterocycles. The molecule has 0 N–H and O–H groups in total. The molecule has 3 heteroatoms. The maximum Gasteiger partial charge on any atom is 0.246 e. The van der Waals surface area contributed by atoms with Crippen molar-refractivity contribution in [2.24, 2.45) is 0 Å². The molecule has 1 aromatic rings. The molecule has 1 aromatic carbocycles. The summed E-state index contributed by atoms with van der Waals surface area (Å²) in [6.07, 6.45) is 6.68. The molecule has 1 fully saturated rings. The van der Waals surface area contributed by atoms with Crippen LogP contribution in [0.5, 0.6) is 0 Å². The number of allylic oxidation sites excluding steroid dienone is 1. The van der Waals surface area contributed by atoms with Crippen LogP contribution in [0.15, 0.2) is 30.3 Å². The molecule has 1 saturated heterocycles. The average molecular weight is 301 g/mol. The van der Waals surface area contributed by atoms with E-state index in [1.54, 1.807) is 6.08 Å². The van der Waals surface area contributed by atoms with Crippen molar-refractivity contribution < 1.29 is 9.53 Å². The van der Waals surface area contributed by atoms with E-state index in [4.69, 9.17) is 4.74 Å². The molecule has 22 heavy (non-hydrogen) atoms. The molecule has 0 radical (unpaired) electrons. The number of ether oxygens (including phenoxy) is 1. The van der Waals surface area contributed by atoms with Gasteiger partial charge in [-0.3, -0.25) is 4.79 Å². The van der Waals surface area contributed by atoms with Gasteiger partial charge in [0.05, 0.1) is 13.2 Å². The van der Waals surface area contributed by atoms with Gasteiger partial charge in [-0.15, -0.1) is 0 Å². The molecule has 1 aliphatic heterocycles. The Labute approximate surface area is 134 Å². The summed E-state index contributed by atoms with van der Waals surface area (Å²) in [6, 6.07) is 8.61. The Morgan fingerprint density at radius 1 is 1.18 bits per heavy atom. The monoisotopic (exact) mass is 301 g/mol. The van der Waals surface area contributed by atoms with Crippen LogP contribution in [-0.2, 0) is 16.0 Å². The number of morpholine rings is 1. The van der Waals surface area contributed by atoms with Crippen LogP contribution in [-0.4, -0.2) is 37.1 Å². The van der Waals surface area contributed by atoms with E-state index in [0.717, 1.165) is 17.6 Å². The predicted molar refractivity (Wildman–Crippen MR) is 90.7 cm³/mol. The van der Waals surface area contributed by atoms with E-state index in [1.807, 2.05) is 11.8 Å². The van der Waals surface area contributed by atoms with Gasteiger partial charge in [0, 0.05) is 19.2 Å². The van der Waals surface area contributed by atoms with Gasteiger partial charge in [-0.25, -0.2) is 0 Å². The number of aryl methyl sites for hydroxylation is 1. The molecule has 0 unspecified atom stereocenters. The Morgan fingerprint density at radius 2 is 1.86 bits per heavy atom. The van der Waals surface area contributed by atoms with Crippen molar-refractivity contribution in [3.8, 4) is 0 Å². The van der Waals surface area contributed by atoms with E-state index in [9.17, 15) is 4.79 Å². The summed E-state index contributed by atoms with van der Waals surface area (Å²) in [5, 5.41) is 0. The summed E-state index contributed by atoms with van der Waals surface area (Å²) in [5.41, 5.74) is 3.53. The molecular weight excluding hydrogens is 274 g/mol. The Kier molecular flexibility index (Phi) is 6.66. The van der Waals surface area contributed by atoms with Gasteiger partial charge in [0.1, 0.15) is 0 Å². The van der Waals surface area contributed by atoms with Crippen LogP contribution in [0.3, 0.4) is 0 Å². The maximum atomic E-state index is 12.2. The highest BCUT2D eigenvalue weighted by atomic mass is 16.5. The zero-order chi connectivity index (χ0) is 15.8. The summed E-state index contributed by atoms with van der Waals surface area (Å²) in [4.78, 5) is 14.1. The molecule has 2 rings (SSSR count). The SMILES string of the molecule is CCCCCc1ccc(/C(C)=C/C(=O)N2CCOCC2)cc1. The van der Waals surface area contributed by atoms with Gasteiger partial charge in [0.25, 0.3) is 0 Å². The second-order valence-corrected chi connectivity index (χ2v) is 5.92. The average Bonchev–Trinajstić information content (AvgIpc) is 2.56. The van der Waals surface area contributed by atoms with Crippen molar-refractivity contribution in [1.29, 1.82) is 0 Å². The third kappa shape index (κ3) is 4.99. The minimum Gasteiger partial charge on any atom is -0.378 e. The van der Waals surface area contributed by atoms with E-state index in [2.05, 4.69) is 31.2 Å². The van der Waals surface area contributed by atoms with E-state index in [1.165, 1.54) is 24.8 Å². The van der Waals surface area contributed by atoms with E-state index in [-0.39, 0.29) is 5.91 Å². The molecule has 0 atom stereocenters. The lowest BCUT2D eigenvalue weighted by atomic mass is 10.0. The van der Waals surface area contributed by atoms with E-state index in [0.29, 0.717) is 26.3 Å². The van der Waals surface area contributed by atoms with Gasteiger partial charge in [-0.2, -0.15) is 0 Å². The first-order valence-corrected chi connectivity index (χ1v) is 8.35. The second-order valence-electron chi connectivity index (χ2n) is 5.92. The smallest absolute Gasteiger partial charge is 0.246 e. The van der Waals surface area contributed by atoms with Crippen LogP contribution in [0.1, 0.15) is 44.2 Å². The van der Waals surface area contributed by atoms with Gasteiger partial charge in [0.15, 0.2) is 0 Å². The minimum atomic E-state index is 0.0906. The first-order chi connectivity index (χ1) is 10.7. The Bertz CT molecular complexity index is 499. The lowest BCUT2D eigenvalue weighted by Gasteiger charge is -2.25. The maximum absolute atomic E-state index is 12.2. The number of amides is 1. The molecular formula is C19H27NO2. The van der Waals surface area contributed by atoms with E-state index >= 15 is 0 Å². The predicted octanol–water partition coefficient (Wildman–Crippen LogP) is 3.68. The van der Waals surface area contributed by atoms with Gasteiger partial charge < -0.3 is 9.64 Å². The number of carbonyl (C=O) groups excluding carboxylic acids is 1. The molecule has 0 aliphatic carbocycles. The molecule has 1 amide bonds. The van der Waals surface area contributed by atoms with Crippen LogP contribution < -0.4 is 0 Å². The van der Waals surface area contributed by atoms with Crippen molar-refractivity contribution in [2.75, 3.05) is 26.3 Å². The van der Waals surface area contributed by atoms with Crippen LogP contribution in [0.4, 0.5) is 0 Å². The van der Waals surface area contributed by atoms with Gasteiger partial charge in [-0.1, -0.05) is 44.0 Å². The van der Waals surface area contributed by atoms with Gasteiger partial charge in [-0.05, 0) is 36.5 Å². The summed E-state index contributed by atoms with van der Waals surface area (Å²) in [7, 11) is 0. The quantitative estimate of drug-likeness (QED) is 0.592. The fourth-order valence-corrected chi connectivity index (χ4v) is 2.66. The Morgan fingerprint density at radius 3 is 2.50 bits per heavy atom. The first-order valence-electron chi connectivity index (χ1n) is 8.35. The highest BCUT2D eigenvalue weighted by molar-refractivity contribution is 5.94. The van der Waals surface area contributed by atoms with Crippen molar-refractivity contribution in [1.82, 2.24) is 4.90 Å². The summed E-state index contributed by atoms with van der Waals surface area (Å²) in [6.45, 7) is 6.90.